The number of likely N-dealkylation sites (N-methyl/N-ethyl adjacent to an activating group) is 1. The molecule has 0 radical (unpaired) electrons. The highest BCUT2D eigenvalue weighted by molar-refractivity contribution is 5.75. The Labute approximate surface area is 333 Å². The number of carbonyl (C=O) groups is 2. The summed E-state index contributed by atoms with van der Waals surface area (Å²) in [6, 6.07) is 11.7. The van der Waals surface area contributed by atoms with Crippen LogP contribution in [-0.2, 0) is 33.3 Å². The summed E-state index contributed by atoms with van der Waals surface area (Å²) in [5.74, 6) is 3.48. The molecule has 3 heterocycles. The number of ether oxygens (including phenoxy) is 3. The fourth-order valence-electron chi connectivity index (χ4n) is 13.3. The summed E-state index contributed by atoms with van der Waals surface area (Å²) in [7, 11) is 2.20. The molecule has 56 heavy (non-hydrogen) atoms. The van der Waals surface area contributed by atoms with Gasteiger partial charge in [0.2, 0.25) is 0 Å². The second-order valence-electron chi connectivity index (χ2n) is 19.1. The summed E-state index contributed by atoms with van der Waals surface area (Å²) in [5, 5.41) is 11.0. The number of hydrogen-bond acceptors (Lipinski definition) is 8. The summed E-state index contributed by atoms with van der Waals surface area (Å²) >= 11 is 0. The van der Waals surface area contributed by atoms with Crippen LogP contribution >= 0.6 is 0 Å². The van der Waals surface area contributed by atoms with E-state index in [9.17, 15) is 14.7 Å². The zero-order valence-corrected chi connectivity index (χ0v) is 33.5. The Morgan fingerprint density at radius 1 is 0.821 bits per heavy atom. The zero-order valence-electron chi connectivity index (χ0n) is 33.5. The number of carbonyl (C=O) groups excluding carboxylic acids is 2. The number of piperidine rings is 2. The van der Waals surface area contributed by atoms with Crippen molar-refractivity contribution in [3.8, 4) is 17.2 Å². The standard InChI is InChI=1S/C48H62N2O6/c1-49-25-24-48-36-19-20-40(51)46(48)56-45-41(21-17-33(44(45)48)28-38(36)49)55-43(53)15-7-5-3-2-4-6-14-42(52)54-34-18-16-32-27-39-35-13-8-9-22-47(35,37(32)29-34)23-26-50(39)30-31-11-10-12-31/h16-21,29,31,35-36,38-40,46,51H,2-15,22-28,30H2,1H3/t35-,36-,38+,39+,40-,46-,47+,48-/m0/s1. The molecule has 2 aromatic rings. The van der Waals surface area contributed by atoms with Gasteiger partial charge in [0.15, 0.2) is 11.5 Å². The minimum atomic E-state index is -0.672. The topological polar surface area (TPSA) is 88.5 Å². The van der Waals surface area contributed by atoms with Crippen LogP contribution in [0.5, 0.6) is 17.2 Å². The van der Waals surface area contributed by atoms with E-state index in [0.717, 1.165) is 81.9 Å². The van der Waals surface area contributed by atoms with Crippen molar-refractivity contribution in [2.45, 2.75) is 157 Å². The van der Waals surface area contributed by atoms with E-state index in [1.807, 2.05) is 18.2 Å². The van der Waals surface area contributed by atoms with Gasteiger partial charge in [-0.1, -0.05) is 69.2 Å². The SMILES string of the molecule is CN1CC[C@]23c4c5ccc(OC(=O)CCCCCCCCC(=O)Oc6ccc7c(c6)[C@@]68CCCC[C@H]6[C@@H](C7)N(CC6CCC6)CC8)c4O[C@H]2[C@@H](O)C=C[C@H]3[C@H]1C5. The third kappa shape index (κ3) is 6.18. The highest BCUT2D eigenvalue weighted by Gasteiger charge is 2.64. The van der Waals surface area contributed by atoms with Crippen molar-refractivity contribution in [2.75, 3.05) is 26.7 Å². The van der Waals surface area contributed by atoms with Crippen molar-refractivity contribution in [3.63, 3.8) is 0 Å². The lowest BCUT2D eigenvalue weighted by Crippen LogP contribution is -2.64. The van der Waals surface area contributed by atoms with Crippen LogP contribution in [0.25, 0.3) is 0 Å². The van der Waals surface area contributed by atoms with Crippen LogP contribution in [0, 0.1) is 17.8 Å². The molecule has 0 aromatic heterocycles. The molecule has 3 aliphatic heterocycles. The molecule has 2 saturated carbocycles. The van der Waals surface area contributed by atoms with Crippen LogP contribution in [0.2, 0.25) is 0 Å². The molecule has 8 heteroatoms. The van der Waals surface area contributed by atoms with E-state index >= 15 is 0 Å². The van der Waals surface area contributed by atoms with Gasteiger partial charge in [0, 0.05) is 53.8 Å². The summed E-state index contributed by atoms with van der Waals surface area (Å²) < 4.78 is 18.5. The van der Waals surface area contributed by atoms with Crippen LogP contribution in [0.1, 0.15) is 131 Å². The largest absolute Gasteiger partial charge is 0.482 e. The van der Waals surface area contributed by atoms with Gasteiger partial charge in [-0.05, 0) is 131 Å². The first-order chi connectivity index (χ1) is 27.3. The van der Waals surface area contributed by atoms with E-state index in [1.54, 1.807) is 0 Å². The second-order valence-corrected chi connectivity index (χ2v) is 19.1. The fourth-order valence-corrected chi connectivity index (χ4v) is 13.3. The average Bonchev–Trinajstić information content (AvgIpc) is 3.54. The van der Waals surface area contributed by atoms with Gasteiger partial charge in [0.05, 0.1) is 0 Å². The van der Waals surface area contributed by atoms with Gasteiger partial charge in [-0.2, -0.15) is 0 Å². The summed E-state index contributed by atoms with van der Waals surface area (Å²) in [6.07, 6.45) is 23.3. The molecule has 4 fully saturated rings. The lowest BCUT2D eigenvalue weighted by Gasteiger charge is -2.59. The number of aliphatic hydroxyl groups excluding tert-OH is 1. The molecule has 0 amide bonds. The molecule has 8 atom stereocenters. The van der Waals surface area contributed by atoms with Crippen molar-refractivity contribution < 1.29 is 28.9 Å². The Balaban J connectivity index is 0.668. The van der Waals surface area contributed by atoms with Crippen LogP contribution in [0.3, 0.4) is 0 Å². The van der Waals surface area contributed by atoms with E-state index in [0.29, 0.717) is 36.4 Å². The van der Waals surface area contributed by atoms with Crippen molar-refractivity contribution >= 4 is 11.9 Å². The van der Waals surface area contributed by atoms with Crippen LogP contribution in [0.4, 0.5) is 0 Å². The average molecular weight is 763 g/mol. The molecule has 4 bridgehead atoms. The number of fused-ring (bicyclic) bond motifs is 1. The molecule has 8 aliphatic rings. The van der Waals surface area contributed by atoms with Crippen molar-refractivity contribution in [3.05, 3.63) is 64.7 Å². The van der Waals surface area contributed by atoms with Crippen molar-refractivity contribution in [1.82, 2.24) is 9.80 Å². The number of aliphatic hydroxyl groups is 1. The maximum absolute atomic E-state index is 13.0. The zero-order chi connectivity index (χ0) is 38.0. The van der Waals surface area contributed by atoms with Crippen LogP contribution < -0.4 is 14.2 Å². The molecule has 2 saturated heterocycles. The second kappa shape index (κ2) is 14.9. The predicted molar refractivity (Wildman–Crippen MR) is 215 cm³/mol. The molecule has 8 nitrogen and oxygen atoms in total. The quantitative estimate of drug-likeness (QED) is 0.0952. The molecule has 2 aromatic carbocycles. The Morgan fingerprint density at radius 2 is 1.59 bits per heavy atom. The molecule has 10 rings (SSSR count). The highest BCUT2D eigenvalue weighted by Crippen LogP contribution is 2.63. The van der Waals surface area contributed by atoms with Crippen molar-refractivity contribution in [2.24, 2.45) is 17.8 Å². The Morgan fingerprint density at radius 3 is 2.39 bits per heavy atom. The van der Waals surface area contributed by atoms with E-state index in [4.69, 9.17) is 14.2 Å². The highest BCUT2D eigenvalue weighted by atomic mass is 16.6. The summed E-state index contributed by atoms with van der Waals surface area (Å²) in [6.45, 7) is 3.49. The van der Waals surface area contributed by atoms with Gasteiger partial charge < -0.3 is 24.2 Å². The van der Waals surface area contributed by atoms with Gasteiger partial charge in [0.25, 0.3) is 0 Å². The first-order valence-electron chi connectivity index (χ1n) is 22.5. The van der Waals surface area contributed by atoms with Gasteiger partial charge in [-0.25, -0.2) is 0 Å². The minimum Gasteiger partial charge on any atom is -0.482 e. The number of rotatable bonds is 13. The number of benzene rings is 2. The number of hydrogen-bond donors (Lipinski definition) is 1. The lowest BCUT2D eigenvalue weighted by molar-refractivity contribution is -0.135. The number of esters is 2. The third-order valence-electron chi connectivity index (χ3n) is 16.2. The molecule has 0 unspecified atom stereocenters. The Bertz CT molecular complexity index is 1870. The first kappa shape index (κ1) is 37.1. The molecular formula is C48H62N2O6. The summed E-state index contributed by atoms with van der Waals surface area (Å²) in [5.41, 5.74) is 5.42. The van der Waals surface area contributed by atoms with E-state index in [-0.39, 0.29) is 34.8 Å². The first-order valence-corrected chi connectivity index (χ1v) is 22.5. The fraction of sp³-hybridized carbons (Fsp3) is 0.667. The van der Waals surface area contributed by atoms with Gasteiger partial charge in [0.1, 0.15) is 18.0 Å². The van der Waals surface area contributed by atoms with Crippen LogP contribution in [-0.4, -0.2) is 77.8 Å². The summed E-state index contributed by atoms with van der Waals surface area (Å²) in [4.78, 5) is 31.3. The predicted octanol–water partition coefficient (Wildman–Crippen LogP) is 7.98. The Kier molecular flexibility index (Phi) is 9.85. The van der Waals surface area contributed by atoms with E-state index in [1.165, 1.54) is 86.7 Å². The molecule has 1 spiro atoms. The smallest absolute Gasteiger partial charge is 0.311 e. The lowest BCUT2D eigenvalue weighted by atomic mass is 9.52. The number of likely N-dealkylation sites (tertiary alicyclic amines) is 2. The van der Waals surface area contributed by atoms with Gasteiger partial charge in [-0.15, -0.1) is 0 Å². The molecule has 300 valence electrons. The minimum absolute atomic E-state index is 0.125. The van der Waals surface area contributed by atoms with Crippen molar-refractivity contribution in [1.29, 1.82) is 0 Å². The maximum Gasteiger partial charge on any atom is 0.311 e. The molecule has 5 aliphatic carbocycles. The van der Waals surface area contributed by atoms with Crippen LogP contribution in [0.15, 0.2) is 42.5 Å². The van der Waals surface area contributed by atoms with E-state index in [2.05, 4.69) is 41.1 Å². The van der Waals surface area contributed by atoms with E-state index < -0.39 is 6.10 Å². The molecular weight excluding hydrogens is 701 g/mol. The number of nitrogens with zero attached hydrogens (tertiary/aromatic N) is 2. The van der Waals surface area contributed by atoms with Gasteiger partial charge >= 0.3 is 11.9 Å². The number of unbranched alkanes of at least 4 members (excludes halogenated alkanes) is 5. The Hall–Kier alpha value is -3.20. The monoisotopic (exact) mass is 762 g/mol. The van der Waals surface area contributed by atoms with Gasteiger partial charge in [-0.3, -0.25) is 14.5 Å². The third-order valence-corrected chi connectivity index (χ3v) is 16.2. The maximum atomic E-state index is 13.0. The molecule has 1 N–H and O–H groups in total. The normalized spacial score (nSPS) is 33.8.